The van der Waals surface area contributed by atoms with Gasteiger partial charge < -0.3 is 4.74 Å². The van der Waals surface area contributed by atoms with Gasteiger partial charge in [-0.1, -0.05) is 24.3 Å². The molecule has 0 N–H and O–H groups in total. The molecule has 3 nitrogen and oxygen atoms in total. The zero-order chi connectivity index (χ0) is 13.2. The van der Waals surface area contributed by atoms with Crippen LogP contribution >= 0.6 is 11.6 Å². The highest BCUT2D eigenvalue weighted by Crippen LogP contribution is 2.26. The number of ether oxygens (including phenoxy) is 1. The first kappa shape index (κ1) is 13.2. The number of sulfone groups is 1. The Balaban J connectivity index is 2.25. The SMILES string of the molecule is C=CC1CC/C(=C\S(=O)(=O)c2ccc(Cl)cc2)O1. The molecule has 0 bridgehead atoms. The summed E-state index contributed by atoms with van der Waals surface area (Å²) in [5.41, 5.74) is 0. The van der Waals surface area contributed by atoms with Crippen LogP contribution in [0.15, 0.2) is 53.0 Å². The van der Waals surface area contributed by atoms with Crippen molar-refractivity contribution in [1.29, 1.82) is 0 Å². The van der Waals surface area contributed by atoms with Gasteiger partial charge in [0.05, 0.1) is 10.3 Å². The summed E-state index contributed by atoms with van der Waals surface area (Å²) in [7, 11) is -3.47. The van der Waals surface area contributed by atoms with E-state index in [0.29, 0.717) is 17.2 Å². The molecule has 0 saturated carbocycles. The van der Waals surface area contributed by atoms with Crippen molar-refractivity contribution in [2.75, 3.05) is 0 Å². The summed E-state index contributed by atoms with van der Waals surface area (Å²) in [6, 6.07) is 6.06. The van der Waals surface area contributed by atoms with Crippen molar-refractivity contribution < 1.29 is 13.2 Å². The minimum absolute atomic E-state index is 0.0864. The van der Waals surface area contributed by atoms with E-state index in [1.807, 2.05) is 0 Å². The number of hydrogen-bond donors (Lipinski definition) is 0. The van der Waals surface area contributed by atoms with E-state index in [-0.39, 0.29) is 11.0 Å². The van der Waals surface area contributed by atoms with Crippen molar-refractivity contribution in [1.82, 2.24) is 0 Å². The lowest BCUT2D eigenvalue weighted by atomic mass is 10.2. The second kappa shape index (κ2) is 5.16. The minimum atomic E-state index is -3.47. The van der Waals surface area contributed by atoms with E-state index in [9.17, 15) is 8.42 Å². The van der Waals surface area contributed by atoms with Crippen LogP contribution in [-0.4, -0.2) is 14.5 Å². The van der Waals surface area contributed by atoms with E-state index < -0.39 is 9.84 Å². The number of hydrogen-bond acceptors (Lipinski definition) is 3. The van der Waals surface area contributed by atoms with Crippen molar-refractivity contribution >= 4 is 21.4 Å². The molecule has 0 amide bonds. The predicted octanol–water partition coefficient (Wildman–Crippen LogP) is 3.32. The molecule has 2 rings (SSSR count). The molecule has 5 heteroatoms. The van der Waals surface area contributed by atoms with Gasteiger partial charge in [-0.3, -0.25) is 0 Å². The van der Waals surface area contributed by atoms with Gasteiger partial charge in [-0.05, 0) is 30.7 Å². The molecule has 1 fully saturated rings. The first-order chi connectivity index (χ1) is 8.51. The minimum Gasteiger partial charge on any atom is -0.490 e. The van der Waals surface area contributed by atoms with Crippen LogP contribution in [0, 0.1) is 0 Å². The van der Waals surface area contributed by atoms with Crippen molar-refractivity contribution in [3.63, 3.8) is 0 Å². The van der Waals surface area contributed by atoms with Gasteiger partial charge in [0.15, 0.2) is 0 Å². The van der Waals surface area contributed by atoms with Crippen LogP contribution in [0.25, 0.3) is 0 Å². The first-order valence-corrected chi connectivity index (χ1v) is 7.44. The molecule has 0 aliphatic carbocycles. The fraction of sp³-hybridized carbons (Fsp3) is 0.231. The molecule has 96 valence electrons. The standard InChI is InChI=1S/C13H13ClO3S/c1-2-11-5-6-12(17-11)9-18(15,16)13-7-3-10(14)4-8-13/h2-4,7-9,11H,1,5-6H2/b12-9+. The Bertz CT molecular complexity index is 573. The molecule has 0 radical (unpaired) electrons. The van der Waals surface area contributed by atoms with Gasteiger partial charge in [0.25, 0.3) is 0 Å². The summed E-state index contributed by atoms with van der Waals surface area (Å²) in [4.78, 5) is 0.213. The van der Waals surface area contributed by atoms with Gasteiger partial charge in [-0.25, -0.2) is 8.42 Å². The highest BCUT2D eigenvalue weighted by molar-refractivity contribution is 7.94. The number of rotatable bonds is 3. The van der Waals surface area contributed by atoms with E-state index in [0.717, 1.165) is 6.42 Å². The number of benzene rings is 1. The lowest BCUT2D eigenvalue weighted by Crippen LogP contribution is -2.00. The summed E-state index contributed by atoms with van der Waals surface area (Å²) >= 11 is 5.72. The van der Waals surface area contributed by atoms with Gasteiger partial charge in [-0.15, -0.1) is 0 Å². The maximum absolute atomic E-state index is 12.1. The monoisotopic (exact) mass is 284 g/mol. The predicted molar refractivity (Wildman–Crippen MR) is 71.0 cm³/mol. The van der Waals surface area contributed by atoms with Gasteiger partial charge in [0.1, 0.15) is 11.9 Å². The van der Waals surface area contributed by atoms with Crippen LogP contribution in [0.3, 0.4) is 0 Å². The Hall–Kier alpha value is -1.26. The van der Waals surface area contributed by atoms with Gasteiger partial charge in [-0.2, -0.15) is 0 Å². The average molecular weight is 285 g/mol. The van der Waals surface area contributed by atoms with Crippen molar-refractivity contribution in [2.24, 2.45) is 0 Å². The second-order valence-corrected chi connectivity index (χ2v) is 6.25. The van der Waals surface area contributed by atoms with Crippen LogP contribution in [0.2, 0.25) is 5.02 Å². The molecular formula is C13H13ClO3S. The number of allylic oxidation sites excluding steroid dienone is 1. The second-order valence-electron chi connectivity index (χ2n) is 4.01. The summed E-state index contributed by atoms with van der Waals surface area (Å²) in [5.74, 6) is 0.481. The Morgan fingerprint density at radius 1 is 1.33 bits per heavy atom. The Morgan fingerprint density at radius 2 is 2.00 bits per heavy atom. The Labute approximate surface area is 112 Å². The van der Waals surface area contributed by atoms with E-state index in [1.54, 1.807) is 18.2 Å². The zero-order valence-electron chi connectivity index (χ0n) is 9.67. The fourth-order valence-corrected chi connectivity index (χ4v) is 3.01. The van der Waals surface area contributed by atoms with Crippen molar-refractivity contribution in [3.8, 4) is 0 Å². The maximum atomic E-state index is 12.1. The van der Waals surface area contributed by atoms with Gasteiger partial charge >= 0.3 is 0 Å². The van der Waals surface area contributed by atoms with E-state index in [2.05, 4.69) is 6.58 Å². The van der Waals surface area contributed by atoms with Crippen LogP contribution < -0.4 is 0 Å². The van der Waals surface area contributed by atoms with E-state index in [1.165, 1.54) is 17.5 Å². The quantitative estimate of drug-likeness (QED) is 0.800. The van der Waals surface area contributed by atoms with Crippen molar-refractivity contribution in [2.45, 2.75) is 23.8 Å². The van der Waals surface area contributed by atoms with Gasteiger partial charge in [0.2, 0.25) is 9.84 Å². The highest BCUT2D eigenvalue weighted by Gasteiger charge is 2.21. The zero-order valence-corrected chi connectivity index (χ0v) is 11.2. The fourth-order valence-electron chi connectivity index (χ4n) is 1.71. The molecular weight excluding hydrogens is 272 g/mol. The molecule has 0 spiro atoms. The third-order valence-corrected chi connectivity index (χ3v) is 4.42. The lowest BCUT2D eigenvalue weighted by Gasteiger charge is -2.05. The summed E-state index contributed by atoms with van der Waals surface area (Å²) in [6.45, 7) is 3.63. The molecule has 1 atom stereocenters. The number of halogens is 1. The first-order valence-electron chi connectivity index (χ1n) is 5.52. The van der Waals surface area contributed by atoms with Crippen LogP contribution in [0.5, 0.6) is 0 Å². The molecule has 1 saturated heterocycles. The smallest absolute Gasteiger partial charge is 0.203 e. The Kier molecular flexibility index (Phi) is 3.78. The van der Waals surface area contributed by atoms with E-state index >= 15 is 0 Å². The third-order valence-electron chi connectivity index (χ3n) is 2.67. The van der Waals surface area contributed by atoms with Crippen LogP contribution in [0.1, 0.15) is 12.8 Å². The summed E-state index contributed by atoms with van der Waals surface area (Å²) in [5, 5.41) is 1.69. The third kappa shape index (κ3) is 2.94. The molecule has 1 aliphatic rings. The average Bonchev–Trinajstić information content (AvgIpc) is 2.76. The largest absolute Gasteiger partial charge is 0.490 e. The molecule has 1 unspecified atom stereocenters. The molecule has 0 aromatic heterocycles. The van der Waals surface area contributed by atoms with Gasteiger partial charge in [0, 0.05) is 11.4 Å². The van der Waals surface area contributed by atoms with E-state index in [4.69, 9.17) is 16.3 Å². The summed E-state index contributed by atoms with van der Waals surface area (Å²) in [6.07, 6.45) is 2.97. The molecule has 1 aromatic rings. The summed E-state index contributed by atoms with van der Waals surface area (Å²) < 4.78 is 29.6. The molecule has 18 heavy (non-hydrogen) atoms. The topological polar surface area (TPSA) is 43.4 Å². The molecule has 1 aromatic carbocycles. The Morgan fingerprint density at radius 3 is 2.56 bits per heavy atom. The lowest BCUT2D eigenvalue weighted by molar-refractivity contribution is 0.202. The van der Waals surface area contributed by atoms with Crippen LogP contribution in [-0.2, 0) is 14.6 Å². The van der Waals surface area contributed by atoms with Crippen molar-refractivity contribution in [3.05, 3.63) is 53.1 Å². The molecule has 1 aliphatic heterocycles. The van der Waals surface area contributed by atoms with Crippen LogP contribution in [0.4, 0.5) is 0 Å². The normalized spacial score (nSPS) is 21.8. The maximum Gasteiger partial charge on any atom is 0.203 e. The highest BCUT2D eigenvalue weighted by atomic mass is 35.5. The molecule has 1 heterocycles.